The topological polar surface area (TPSA) is 535 Å². The molecule has 0 unspecified atom stereocenters. The average Bonchev–Trinajstić information content (AvgIpc) is 3.35. The van der Waals surface area contributed by atoms with Gasteiger partial charge in [-0.2, -0.15) is 0 Å². The van der Waals surface area contributed by atoms with Gasteiger partial charge in [-0.1, -0.05) is 0 Å². The van der Waals surface area contributed by atoms with Crippen molar-refractivity contribution in [2.45, 2.75) is 197 Å². The third-order valence-corrected chi connectivity index (χ3v) is 13.1. The van der Waals surface area contributed by atoms with Crippen LogP contribution in [-0.4, -0.2) is 338 Å². The number of hydrogen-bond acceptors (Lipinski definition) is 32. The van der Waals surface area contributed by atoms with E-state index in [2.05, 4.69) is 5.32 Å². The molecule has 6 aliphatic heterocycles. The lowest BCUT2D eigenvalue weighted by Crippen LogP contribution is -2.67. The Bertz CT molecular complexity index is 1680. The molecule has 6 aliphatic rings. The van der Waals surface area contributed by atoms with Crippen LogP contribution in [-0.2, 0) is 56.9 Å². The molecule has 420 valence electrons. The lowest BCUT2D eigenvalue weighted by atomic mass is 9.95. The van der Waals surface area contributed by atoms with E-state index in [1.54, 1.807) is 0 Å². The van der Waals surface area contributed by atoms with Crippen LogP contribution in [0, 0.1) is 0 Å². The molecule has 6 rings (SSSR count). The molecular weight excluding hydrogens is 994 g/mol. The van der Waals surface area contributed by atoms with Gasteiger partial charge in [0.2, 0.25) is 5.91 Å². The Morgan fingerprint density at radius 3 is 1.42 bits per heavy atom. The Labute approximate surface area is 406 Å². The van der Waals surface area contributed by atoms with Crippen molar-refractivity contribution in [2.24, 2.45) is 0 Å². The van der Waals surface area contributed by atoms with E-state index >= 15 is 0 Å². The third kappa shape index (κ3) is 12.8. The predicted octanol–water partition coefficient (Wildman–Crippen LogP) is -14.6. The number of amides is 1. The minimum absolute atomic E-state index is 0.692. The largest absolute Gasteiger partial charge is 0.394 e. The zero-order valence-electron chi connectivity index (χ0n) is 38.0. The lowest BCUT2D eigenvalue weighted by Gasteiger charge is -2.48. The molecule has 31 atom stereocenters. The van der Waals surface area contributed by atoms with Crippen LogP contribution in [0.5, 0.6) is 0 Å². The maximum Gasteiger partial charge on any atom is 0.217 e. The Morgan fingerprint density at radius 1 is 0.431 bits per heavy atom. The molecular formula is C39H67NO32. The molecule has 0 aromatic carbocycles. The van der Waals surface area contributed by atoms with Gasteiger partial charge in [-0.15, -0.1) is 0 Å². The molecule has 21 N–H and O–H groups in total. The number of carbonyl (C=O) groups is 1. The number of nitrogens with one attached hydrogen (secondary N) is 1. The van der Waals surface area contributed by atoms with Crippen LogP contribution >= 0.6 is 0 Å². The highest BCUT2D eigenvalue weighted by Crippen LogP contribution is 2.35. The van der Waals surface area contributed by atoms with E-state index < -0.39 is 236 Å². The number of carbonyl (C=O) groups excluding carboxylic acids is 1. The summed E-state index contributed by atoms with van der Waals surface area (Å²) in [6, 6.07) is -1.44. The van der Waals surface area contributed by atoms with Gasteiger partial charge in [0.1, 0.15) is 153 Å². The van der Waals surface area contributed by atoms with Crippen molar-refractivity contribution in [1.29, 1.82) is 0 Å². The predicted molar refractivity (Wildman–Crippen MR) is 217 cm³/mol. The zero-order chi connectivity index (χ0) is 53.2. The van der Waals surface area contributed by atoms with E-state index in [9.17, 15) is 107 Å². The second-order valence-electron chi connectivity index (χ2n) is 18.1. The highest BCUT2D eigenvalue weighted by atomic mass is 16.8. The molecule has 6 fully saturated rings. The quantitative estimate of drug-likeness (QED) is 0.0606. The van der Waals surface area contributed by atoms with Crippen LogP contribution in [0.4, 0.5) is 0 Å². The van der Waals surface area contributed by atoms with E-state index in [1.165, 1.54) is 0 Å². The summed E-state index contributed by atoms with van der Waals surface area (Å²) < 4.78 is 60.7. The first-order valence-corrected chi connectivity index (χ1v) is 22.7. The summed E-state index contributed by atoms with van der Waals surface area (Å²) >= 11 is 0. The summed E-state index contributed by atoms with van der Waals surface area (Å²) in [5.74, 6) is -0.692. The van der Waals surface area contributed by atoms with E-state index in [0.717, 1.165) is 6.92 Å². The van der Waals surface area contributed by atoms with Gasteiger partial charge in [-0.3, -0.25) is 4.79 Å². The SMILES string of the molecule is CC(=O)N[C@H]1[C@H](OC[C@H](O)[C@H]2O[C@H](OC[C@H]3O[C@H](O[C@H]4[C@@H](O[C@@H]5[C@@H](O)[C@@H](O)O[C@H](CO[C@H]6O[C@H](CO)[C@H](O)[C@H](O)[C@H]6O)[C@H]5O)O[C@H](CO)[C@@H](O)[C@@H]4O)[C@H](O)[C@@H](O)[C@@H]3O)[C@@H](O)[C@@H](O)[C@@H]2O)O[C@H](CO)[C@@H](O)[C@@H]1O. The van der Waals surface area contributed by atoms with Gasteiger partial charge < -0.3 is 160 Å². The minimum atomic E-state index is -2.22. The lowest BCUT2D eigenvalue weighted by molar-refractivity contribution is -0.391. The zero-order valence-corrected chi connectivity index (χ0v) is 38.0. The van der Waals surface area contributed by atoms with Crippen molar-refractivity contribution in [2.75, 3.05) is 39.6 Å². The number of ether oxygens (including phenoxy) is 11. The van der Waals surface area contributed by atoms with E-state index in [0.29, 0.717) is 0 Å². The Morgan fingerprint density at radius 2 is 0.861 bits per heavy atom. The molecule has 33 heteroatoms. The maximum absolute atomic E-state index is 11.8. The van der Waals surface area contributed by atoms with Crippen LogP contribution in [0.15, 0.2) is 0 Å². The van der Waals surface area contributed by atoms with Crippen molar-refractivity contribution in [3.63, 3.8) is 0 Å². The summed E-state index contributed by atoms with van der Waals surface area (Å²) in [5.41, 5.74) is 0. The number of rotatable bonds is 18. The number of aliphatic hydroxyl groups excluding tert-OH is 20. The molecule has 6 heterocycles. The Balaban J connectivity index is 1.11. The van der Waals surface area contributed by atoms with E-state index in [4.69, 9.17) is 52.1 Å². The molecule has 0 radical (unpaired) electrons. The molecule has 0 aliphatic carbocycles. The molecule has 1 amide bonds. The van der Waals surface area contributed by atoms with Gasteiger partial charge in [0, 0.05) is 6.92 Å². The summed E-state index contributed by atoms with van der Waals surface area (Å²) in [6.45, 7) is -4.12. The first kappa shape index (κ1) is 59.5. The average molecular weight is 1060 g/mol. The minimum Gasteiger partial charge on any atom is -0.394 e. The smallest absolute Gasteiger partial charge is 0.217 e. The highest BCUT2D eigenvalue weighted by Gasteiger charge is 2.56. The fourth-order valence-corrected chi connectivity index (χ4v) is 8.82. The maximum atomic E-state index is 11.8. The van der Waals surface area contributed by atoms with Crippen molar-refractivity contribution >= 4 is 5.91 Å². The van der Waals surface area contributed by atoms with Gasteiger partial charge in [0.25, 0.3) is 0 Å². The molecule has 72 heavy (non-hydrogen) atoms. The van der Waals surface area contributed by atoms with Gasteiger partial charge in [-0.25, -0.2) is 0 Å². The standard InChI is InChI=1S/C39H67NO32/c1-8(44)40-15-21(51)16(46)10(2-41)66-35(15)62-5-9(45)31-26(56)24(54)28(58)37(70-31)64-6-13-19(49)23(53)29(59)38(69-13)72-33-25(55)18(48)12(4-43)68-39(33)71-32-20(50)14(65-34(61)30(32)60)7-63-36-27(57)22(52)17(47)11(3-42)67-36/h9-39,41-43,45-61H,2-7H2,1H3,(H,40,44)/t9-,10+,11+,12+,13+,14+,15+,16+,17-,18+,19+,20+,21+,22-,23-,24-,25-,26-,27+,28-,29+,30+,31+,32-,33+,34-,35+,36-,37-,38+,39+/m0/s1. The Hall–Kier alpha value is -1.77. The summed E-state index contributed by atoms with van der Waals surface area (Å²) in [4.78, 5) is 11.8. The van der Waals surface area contributed by atoms with Crippen LogP contribution in [0.2, 0.25) is 0 Å². The van der Waals surface area contributed by atoms with Gasteiger partial charge >= 0.3 is 0 Å². The number of hydrogen-bond donors (Lipinski definition) is 21. The summed E-state index contributed by atoms with van der Waals surface area (Å²) in [6.07, 6.45) is -57.6. The molecule has 33 nitrogen and oxygen atoms in total. The van der Waals surface area contributed by atoms with E-state index in [-0.39, 0.29) is 0 Å². The number of aliphatic hydroxyl groups is 20. The molecule has 0 aromatic heterocycles. The molecule has 0 spiro atoms. The van der Waals surface area contributed by atoms with E-state index in [1.807, 2.05) is 0 Å². The first-order valence-electron chi connectivity index (χ1n) is 22.7. The summed E-state index contributed by atoms with van der Waals surface area (Å²) in [7, 11) is 0. The summed E-state index contributed by atoms with van der Waals surface area (Å²) in [5, 5.41) is 213. The van der Waals surface area contributed by atoms with Crippen LogP contribution in [0.3, 0.4) is 0 Å². The molecule has 0 saturated carbocycles. The normalized spacial score (nSPS) is 50.8. The monoisotopic (exact) mass is 1060 g/mol. The van der Waals surface area contributed by atoms with Crippen LogP contribution < -0.4 is 5.32 Å². The molecule has 6 saturated heterocycles. The van der Waals surface area contributed by atoms with Gasteiger partial charge in [0.15, 0.2) is 37.7 Å². The fraction of sp³-hybridized carbons (Fsp3) is 0.974. The van der Waals surface area contributed by atoms with Crippen LogP contribution in [0.25, 0.3) is 0 Å². The first-order chi connectivity index (χ1) is 33.9. The van der Waals surface area contributed by atoms with Gasteiger partial charge in [-0.05, 0) is 0 Å². The highest BCUT2D eigenvalue weighted by molar-refractivity contribution is 5.73. The second kappa shape index (κ2) is 25.6. The third-order valence-electron chi connectivity index (χ3n) is 13.1. The fourth-order valence-electron chi connectivity index (χ4n) is 8.82. The van der Waals surface area contributed by atoms with Crippen molar-refractivity contribution in [3.05, 3.63) is 0 Å². The molecule has 0 aromatic rings. The Kier molecular flexibility index (Phi) is 21.1. The van der Waals surface area contributed by atoms with Crippen molar-refractivity contribution < 1.29 is 159 Å². The van der Waals surface area contributed by atoms with Crippen molar-refractivity contribution in [3.8, 4) is 0 Å². The van der Waals surface area contributed by atoms with Gasteiger partial charge in [0.05, 0.1) is 39.6 Å². The second-order valence-corrected chi connectivity index (χ2v) is 18.1. The van der Waals surface area contributed by atoms with Crippen LogP contribution in [0.1, 0.15) is 6.92 Å². The molecule has 0 bridgehead atoms. The van der Waals surface area contributed by atoms with Crippen molar-refractivity contribution in [1.82, 2.24) is 5.32 Å².